The van der Waals surface area contributed by atoms with Crippen LogP contribution in [0.3, 0.4) is 0 Å². The van der Waals surface area contributed by atoms with Crippen molar-refractivity contribution in [2.45, 2.75) is 31.9 Å². The van der Waals surface area contributed by atoms with Crippen LogP contribution in [0.2, 0.25) is 0 Å². The number of anilines is 1. The van der Waals surface area contributed by atoms with Crippen LogP contribution in [-0.4, -0.2) is 47.6 Å². The predicted molar refractivity (Wildman–Crippen MR) is 123 cm³/mol. The van der Waals surface area contributed by atoms with Crippen molar-refractivity contribution in [2.24, 2.45) is 0 Å². The number of hydrogen-bond acceptors (Lipinski definition) is 5. The van der Waals surface area contributed by atoms with Gasteiger partial charge in [-0.05, 0) is 37.0 Å². The Kier molecular flexibility index (Phi) is 5.12. The molecule has 31 heavy (non-hydrogen) atoms. The normalized spacial score (nSPS) is 20.8. The first-order valence-corrected chi connectivity index (χ1v) is 10.8. The Hall–Kier alpha value is -2.96. The molecule has 3 heterocycles. The minimum absolute atomic E-state index is 0.105. The van der Waals surface area contributed by atoms with Crippen LogP contribution in [0.4, 0.5) is 5.69 Å². The summed E-state index contributed by atoms with van der Waals surface area (Å²) >= 11 is 0. The van der Waals surface area contributed by atoms with E-state index in [2.05, 4.69) is 48.2 Å². The van der Waals surface area contributed by atoms with Crippen molar-refractivity contribution >= 4 is 22.7 Å². The molecule has 2 aliphatic rings. The van der Waals surface area contributed by atoms with Gasteiger partial charge < -0.3 is 14.7 Å². The van der Waals surface area contributed by atoms with Crippen molar-refractivity contribution in [2.75, 3.05) is 31.7 Å². The number of hydrogen-bond donors (Lipinski definition) is 1. The van der Waals surface area contributed by atoms with Gasteiger partial charge >= 0.3 is 0 Å². The molecular formula is C25H27N3O3. The smallest absolute Gasteiger partial charge is 0.261 e. The number of aryl methyl sites for hydroxylation is 1. The quantitative estimate of drug-likeness (QED) is 0.709. The van der Waals surface area contributed by atoms with Crippen LogP contribution in [0.1, 0.15) is 34.7 Å². The number of aliphatic hydroxyl groups is 1. The minimum Gasteiger partial charge on any atom is -0.389 e. The summed E-state index contributed by atoms with van der Waals surface area (Å²) in [4.78, 5) is 20.4. The number of aliphatic hydroxyl groups excluding tert-OH is 1. The van der Waals surface area contributed by atoms with E-state index in [0.717, 1.165) is 35.3 Å². The van der Waals surface area contributed by atoms with Gasteiger partial charge in [-0.15, -0.1) is 0 Å². The molecule has 0 radical (unpaired) electrons. The van der Waals surface area contributed by atoms with E-state index < -0.39 is 6.10 Å². The van der Waals surface area contributed by atoms with Crippen molar-refractivity contribution in [1.82, 2.24) is 9.55 Å². The zero-order chi connectivity index (χ0) is 21.5. The second-order valence-corrected chi connectivity index (χ2v) is 8.59. The van der Waals surface area contributed by atoms with Gasteiger partial charge in [-0.25, -0.2) is 4.98 Å². The van der Waals surface area contributed by atoms with Crippen LogP contribution in [0.15, 0.2) is 47.5 Å². The molecule has 2 atom stereocenters. The van der Waals surface area contributed by atoms with Crippen LogP contribution >= 0.6 is 0 Å². The van der Waals surface area contributed by atoms with E-state index >= 15 is 0 Å². The summed E-state index contributed by atoms with van der Waals surface area (Å²) in [6.45, 7) is 3.63. The molecule has 0 bridgehead atoms. The topological polar surface area (TPSA) is 67.6 Å². The van der Waals surface area contributed by atoms with E-state index in [0.29, 0.717) is 18.4 Å². The summed E-state index contributed by atoms with van der Waals surface area (Å²) in [5, 5.41) is 11.0. The Morgan fingerprint density at radius 1 is 1.26 bits per heavy atom. The Balaban J connectivity index is 1.69. The van der Waals surface area contributed by atoms with Gasteiger partial charge in [-0.3, -0.25) is 9.36 Å². The fourth-order valence-corrected chi connectivity index (χ4v) is 4.67. The second-order valence-electron chi connectivity index (χ2n) is 8.59. The van der Waals surface area contributed by atoms with Crippen LogP contribution in [0.25, 0.3) is 17.0 Å². The molecule has 3 aromatic rings. The molecule has 0 saturated carbocycles. The molecule has 0 unspecified atom stereocenters. The highest BCUT2D eigenvalue weighted by Gasteiger charge is 2.28. The summed E-state index contributed by atoms with van der Waals surface area (Å²) in [7, 11) is 2.03. The Labute approximate surface area is 181 Å². The lowest BCUT2D eigenvalue weighted by molar-refractivity contribution is -0.0395. The molecular weight excluding hydrogens is 390 g/mol. The van der Waals surface area contributed by atoms with E-state index in [1.165, 1.54) is 11.1 Å². The van der Waals surface area contributed by atoms with Gasteiger partial charge in [0.1, 0.15) is 5.52 Å². The van der Waals surface area contributed by atoms with Crippen molar-refractivity contribution in [3.8, 4) is 0 Å². The number of rotatable bonds is 3. The molecule has 5 rings (SSSR count). The first kappa shape index (κ1) is 20.0. The standard InChI is InChI=1S/C25H27N3O3/c1-16-5-7-17(8-6-16)12-18-13-20-23(24-19(18)4-3-10-27(24)2)26-15-28(25(20)30)21-9-11-31-14-22(21)29/h3-8,13,15,21-22,29H,9-12,14H2,1-2H3/t21-,22-/m0/s1. The number of ether oxygens (including phenoxy) is 1. The third-order valence-corrected chi connectivity index (χ3v) is 6.38. The van der Waals surface area contributed by atoms with Crippen molar-refractivity contribution < 1.29 is 9.84 Å². The van der Waals surface area contributed by atoms with Crippen LogP contribution in [0, 0.1) is 6.92 Å². The summed E-state index contributed by atoms with van der Waals surface area (Å²) in [5.41, 5.74) is 6.28. The molecule has 0 amide bonds. The predicted octanol–water partition coefficient (Wildman–Crippen LogP) is 3.08. The molecule has 2 aliphatic heterocycles. The highest BCUT2D eigenvalue weighted by molar-refractivity contribution is 5.97. The first-order chi connectivity index (χ1) is 15.0. The summed E-state index contributed by atoms with van der Waals surface area (Å²) in [5.74, 6) is 0. The fraction of sp³-hybridized carbons (Fsp3) is 0.360. The number of benzene rings is 2. The minimum atomic E-state index is -0.707. The van der Waals surface area contributed by atoms with Crippen LogP contribution < -0.4 is 10.5 Å². The highest BCUT2D eigenvalue weighted by Crippen LogP contribution is 2.35. The number of fused-ring (bicyclic) bond motifs is 3. The molecule has 0 spiro atoms. The maximum absolute atomic E-state index is 13.5. The fourth-order valence-electron chi connectivity index (χ4n) is 4.67. The maximum Gasteiger partial charge on any atom is 0.261 e. The van der Waals surface area contributed by atoms with Crippen molar-refractivity contribution in [3.05, 3.63) is 75.3 Å². The lowest BCUT2D eigenvalue weighted by Gasteiger charge is -2.30. The van der Waals surface area contributed by atoms with Crippen LogP contribution in [0.5, 0.6) is 0 Å². The van der Waals surface area contributed by atoms with Gasteiger partial charge in [-0.2, -0.15) is 0 Å². The summed E-state index contributed by atoms with van der Waals surface area (Å²) < 4.78 is 6.94. The molecule has 1 aromatic heterocycles. The van der Waals surface area contributed by atoms with E-state index in [-0.39, 0.29) is 18.2 Å². The number of nitrogens with zero attached hydrogens (tertiary/aromatic N) is 3. The van der Waals surface area contributed by atoms with E-state index in [9.17, 15) is 9.90 Å². The molecule has 6 nitrogen and oxygen atoms in total. The Morgan fingerprint density at radius 3 is 2.84 bits per heavy atom. The lowest BCUT2D eigenvalue weighted by Crippen LogP contribution is -2.39. The average molecular weight is 418 g/mol. The molecule has 1 N–H and O–H groups in total. The molecule has 2 aromatic carbocycles. The SMILES string of the molecule is Cc1ccc(Cc2cc3c(=O)n([C@H]4CCOC[C@@H]4O)cnc3c3c2C=CCN3C)cc1. The number of aromatic nitrogens is 2. The van der Waals surface area contributed by atoms with Crippen molar-refractivity contribution in [3.63, 3.8) is 0 Å². The molecule has 1 fully saturated rings. The van der Waals surface area contributed by atoms with Gasteiger partial charge in [0.05, 0.1) is 36.2 Å². The van der Waals surface area contributed by atoms with Crippen LogP contribution in [-0.2, 0) is 11.2 Å². The van der Waals surface area contributed by atoms with Gasteiger partial charge in [-0.1, -0.05) is 42.0 Å². The van der Waals surface area contributed by atoms with E-state index in [1.807, 2.05) is 13.1 Å². The number of likely N-dealkylation sites (N-methyl/N-ethyl adjacent to an activating group) is 1. The lowest BCUT2D eigenvalue weighted by atomic mass is 9.93. The van der Waals surface area contributed by atoms with E-state index in [1.54, 1.807) is 10.9 Å². The average Bonchev–Trinajstić information content (AvgIpc) is 2.77. The second kappa shape index (κ2) is 7.94. The Morgan fingerprint density at radius 2 is 2.06 bits per heavy atom. The zero-order valence-electron chi connectivity index (χ0n) is 17.9. The molecule has 0 aliphatic carbocycles. The van der Waals surface area contributed by atoms with Crippen molar-refractivity contribution in [1.29, 1.82) is 0 Å². The molecule has 6 heteroatoms. The zero-order valence-corrected chi connectivity index (χ0v) is 17.9. The highest BCUT2D eigenvalue weighted by atomic mass is 16.5. The summed E-state index contributed by atoms with van der Waals surface area (Å²) in [6, 6.07) is 10.2. The first-order valence-electron chi connectivity index (χ1n) is 10.8. The monoisotopic (exact) mass is 417 g/mol. The molecule has 1 saturated heterocycles. The molecule has 160 valence electrons. The van der Waals surface area contributed by atoms with E-state index in [4.69, 9.17) is 9.72 Å². The largest absolute Gasteiger partial charge is 0.389 e. The third-order valence-electron chi connectivity index (χ3n) is 6.38. The van der Waals surface area contributed by atoms with Gasteiger partial charge in [0, 0.05) is 25.8 Å². The van der Waals surface area contributed by atoms with Gasteiger partial charge in [0.2, 0.25) is 0 Å². The summed E-state index contributed by atoms with van der Waals surface area (Å²) in [6.07, 6.45) is 6.51. The van der Waals surface area contributed by atoms with Gasteiger partial charge in [0.15, 0.2) is 0 Å². The van der Waals surface area contributed by atoms with Gasteiger partial charge in [0.25, 0.3) is 5.56 Å². The third kappa shape index (κ3) is 3.56. The Bertz CT molecular complexity index is 1210. The maximum atomic E-state index is 13.5.